The van der Waals surface area contributed by atoms with Crippen molar-refractivity contribution in [2.24, 2.45) is 5.92 Å². The Hall–Kier alpha value is -1.97. The zero-order valence-electron chi connectivity index (χ0n) is 11.8. The molecule has 4 heteroatoms. The Labute approximate surface area is 118 Å². The maximum Gasteiger partial charge on any atom is 0.334 e. The van der Waals surface area contributed by atoms with E-state index < -0.39 is 11.6 Å². The molecule has 1 aromatic rings. The summed E-state index contributed by atoms with van der Waals surface area (Å²) in [6, 6.07) is 6.98. The highest BCUT2D eigenvalue weighted by Gasteiger charge is 2.40. The second-order valence-electron chi connectivity index (χ2n) is 5.62. The Morgan fingerprint density at radius 2 is 1.90 bits per heavy atom. The van der Waals surface area contributed by atoms with Crippen LogP contribution in [0.2, 0.25) is 0 Å². The van der Waals surface area contributed by atoms with Gasteiger partial charge in [0, 0.05) is 6.42 Å². The zero-order chi connectivity index (χ0) is 14.8. The van der Waals surface area contributed by atoms with Crippen molar-refractivity contribution < 1.29 is 19.7 Å². The van der Waals surface area contributed by atoms with Crippen LogP contribution in [0.5, 0.6) is 5.75 Å². The Morgan fingerprint density at radius 1 is 1.25 bits per heavy atom. The van der Waals surface area contributed by atoms with Crippen LogP contribution < -0.4 is 0 Å². The summed E-state index contributed by atoms with van der Waals surface area (Å²) in [4.78, 5) is 11.6. The highest BCUT2D eigenvalue weighted by Crippen LogP contribution is 2.36. The van der Waals surface area contributed by atoms with Gasteiger partial charge in [-0.2, -0.15) is 0 Å². The average Bonchev–Trinajstić information content (AvgIpc) is 2.37. The van der Waals surface area contributed by atoms with Crippen LogP contribution in [0, 0.1) is 5.92 Å². The molecule has 0 aliphatic carbocycles. The molecule has 0 radical (unpaired) electrons. The number of phenols is 1. The lowest BCUT2D eigenvalue weighted by atomic mass is 9.80. The van der Waals surface area contributed by atoms with Crippen molar-refractivity contribution in [3.63, 3.8) is 0 Å². The number of hydrogen-bond donors (Lipinski definition) is 2. The van der Waals surface area contributed by atoms with Gasteiger partial charge in [-0.05, 0) is 36.5 Å². The fourth-order valence-corrected chi connectivity index (χ4v) is 2.53. The number of ether oxygens (including phenoxy) is 1. The van der Waals surface area contributed by atoms with E-state index in [1.807, 2.05) is 26.0 Å². The number of cyclic esters (lactones) is 1. The number of carbonyl (C=O) groups excluding carboxylic acids is 1. The molecular weight excluding hydrogens is 256 g/mol. The highest BCUT2D eigenvalue weighted by atomic mass is 16.6. The summed E-state index contributed by atoms with van der Waals surface area (Å²) in [5, 5.41) is 19.0. The van der Waals surface area contributed by atoms with Crippen molar-refractivity contribution in [3.05, 3.63) is 41.7 Å². The van der Waals surface area contributed by atoms with Crippen LogP contribution in [0.4, 0.5) is 0 Å². The van der Waals surface area contributed by atoms with Crippen molar-refractivity contribution in [3.8, 4) is 5.75 Å². The largest absolute Gasteiger partial charge is 0.512 e. The molecule has 0 amide bonds. The van der Waals surface area contributed by atoms with Crippen LogP contribution >= 0.6 is 0 Å². The second-order valence-corrected chi connectivity index (χ2v) is 5.62. The van der Waals surface area contributed by atoms with Crippen LogP contribution in [0.25, 0.3) is 0 Å². The fourth-order valence-electron chi connectivity index (χ4n) is 2.53. The fraction of sp³-hybridized carbons (Fsp3) is 0.438. The molecule has 1 aliphatic heterocycles. The molecule has 0 saturated heterocycles. The first-order valence-corrected chi connectivity index (χ1v) is 6.82. The maximum absolute atomic E-state index is 11.6. The first-order valence-electron chi connectivity index (χ1n) is 6.82. The van der Waals surface area contributed by atoms with E-state index in [2.05, 4.69) is 0 Å². The Morgan fingerprint density at radius 3 is 2.45 bits per heavy atom. The van der Waals surface area contributed by atoms with Crippen LogP contribution in [0.3, 0.4) is 0 Å². The summed E-state index contributed by atoms with van der Waals surface area (Å²) in [5.74, 6) is -0.0507. The molecule has 20 heavy (non-hydrogen) atoms. The van der Waals surface area contributed by atoms with Gasteiger partial charge < -0.3 is 14.9 Å². The molecule has 0 fully saturated rings. The monoisotopic (exact) mass is 276 g/mol. The van der Waals surface area contributed by atoms with Gasteiger partial charge in [0.2, 0.25) is 0 Å². The topological polar surface area (TPSA) is 66.8 Å². The number of aryl methyl sites for hydroxylation is 1. The molecule has 0 saturated carbocycles. The van der Waals surface area contributed by atoms with Gasteiger partial charge in [-0.3, -0.25) is 0 Å². The minimum Gasteiger partial charge on any atom is -0.512 e. The molecule has 4 nitrogen and oxygen atoms in total. The van der Waals surface area contributed by atoms with E-state index in [9.17, 15) is 15.0 Å². The molecule has 1 aliphatic rings. The van der Waals surface area contributed by atoms with E-state index in [0.717, 1.165) is 18.1 Å². The van der Waals surface area contributed by atoms with E-state index in [4.69, 9.17) is 4.74 Å². The van der Waals surface area contributed by atoms with Gasteiger partial charge in [0.25, 0.3) is 0 Å². The van der Waals surface area contributed by atoms with Gasteiger partial charge >= 0.3 is 5.97 Å². The Bertz CT molecular complexity index is 516. The molecule has 0 spiro atoms. The van der Waals surface area contributed by atoms with Crippen molar-refractivity contribution in [1.29, 1.82) is 0 Å². The number of aromatic hydroxyl groups is 1. The summed E-state index contributed by atoms with van der Waals surface area (Å²) in [6.07, 6.45) is 2.85. The molecule has 2 rings (SSSR count). The van der Waals surface area contributed by atoms with Gasteiger partial charge in [0.05, 0.1) is 6.08 Å². The lowest BCUT2D eigenvalue weighted by Gasteiger charge is -2.39. The number of aliphatic hydroxyl groups is 1. The van der Waals surface area contributed by atoms with Gasteiger partial charge in [-0.15, -0.1) is 0 Å². The molecule has 2 N–H and O–H groups in total. The maximum atomic E-state index is 11.6. The quantitative estimate of drug-likeness (QED) is 0.829. The predicted octanol–water partition coefficient (Wildman–Crippen LogP) is 3.11. The number of esters is 1. The van der Waals surface area contributed by atoms with E-state index in [-0.39, 0.29) is 17.4 Å². The SMILES string of the molecule is CC(C)C1(CCc2ccc(O)cc2)CC(O)=CC(=O)O1. The number of benzene rings is 1. The number of hydrogen-bond acceptors (Lipinski definition) is 4. The predicted molar refractivity (Wildman–Crippen MR) is 75.4 cm³/mol. The normalized spacial score (nSPS) is 22.6. The lowest BCUT2D eigenvalue weighted by molar-refractivity contribution is -0.163. The summed E-state index contributed by atoms with van der Waals surface area (Å²) < 4.78 is 5.53. The number of phenolic OH excluding ortho intramolecular Hbond substituents is 1. The standard InChI is InChI=1S/C16H20O4/c1-11(2)16(10-14(18)9-15(19)20-16)8-7-12-3-5-13(17)6-4-12/h3-6,9,11,17-18H,7-8,10H2,1-2H3. The first-order chi connectivity index (χ1) is 9.41. The number of aliphatic hydroxyl groups excluding tert-OH is 1. The van der Waals surface area contributed by atoms with Gasteiger partial charge in [0.1, 0.15) is 17.1 Å². The minimum absolute atomic E-state index is 0.0839. The second kappa shape index (κ2) is 5.57. The van der Waals surface area contributed by atoms with Crippen LogP contribution in [0.15, 0.2) is 36.1 Å². The molecular formula is C16H20O4. The van der Waals surface area contributed by atoms with Crippen molar-refractivity contribution in [2.45, 2.75) is 38.7 Å². The van der Waals surface area contributed by atoms with E-state index in [1.54, 1.807) is 12.1 Å². The van der Waals surface area contributed by atoms with E-state index in [1.165, 1.54) is 0 Å². The third-order valence-corrected chi connectivity index (χ3v) is 3.89. The van der Waals surface area contributed by atoms with Gasteiger partial charge in [-0.25, -0.2) is 4.79 Å². The first kappa shape index (κ1) is 14.4. The zero-order valence-corrected chi connectivity index (χ0v) is 11.8. The van der Waals surface area contributed by atoms with Gasteiger partial charge in [0.15, 0.2) is 0 Å². The van der Waals surface area contributed by atoms with Gasteiger partial charge in [-0.1, -0.05) is 26.0 Å². The summed E-state index contributed by atoms with van der Waals surface area (Å²) in [6.45, 7) is 3.98. The summed E-state index contributed by atoms with van der Waals surface area (Å²) in [7, 11) is 0. The number of rotatable bonds is 4. The molecule has 1 atom stereocenters. The smallest absolute Gasteiger partial charge is 0.334 e. The molecule has 1 aromatic carbocycles. The average molecular weight is 276 g/mol. The van der Waals surface area contributed by atoms with E-state index >= 15 is 0 Å². The molecule has 108 valence electrons. The minimum atomic E-state index is -0.659. The van der Waals surface area contributed by atoms with Crippen LogP contribution in [-0.4, -0.2) is 21.8 Å². The van der Waals surface area contributed by atoms with Crippen molar-refractivity contribution >= 4 is 5.97 Å². The van der Waals surface area contributed by atoms with Crippen LogP contribution in [-0.2, 0) is 16.0 Å². The van der Waals surface area contributed by atoms with Crippen molar-refractivity contribution in [1.82, 2.24) is 0 Å². The molecule has 0 aromatic heterocycles. The summed E-state index contributed by atoms with van der Waals surface area (Å²) >= 11 is 0. The molecule has 0 bridgehead atoms. The lowest BCUT2D eigenvalue weighted by Crippen LogP contribution is -2.43. The molecule has 1 heterocycles. The summed E-state index contributed by atoms with van der Waals surface area (Å²) in [5.41, 5.74) is 0.404. The highest BCUT2D eigenvalue weighted by molar-refractivity contribution is 5.83. The van der Waals surface area contributed by atoms with E-state index in [0.29, 0.717) is 12.8 Å². The Kier molecular flexibility index (Phi) is 4.02. The molecule has 1 unspecified atom stereocenters. The third-order valence-electron chi connectivity index (χ3n) is 3.89. The Balaban J connectivity index is 2.12. The van der Waals surface area contributed by atoms with Crippen LogP contribution in [0.1, 0.15) is 32.3 Å². The number of carbonyl (C=O) groups is 1. The third kappa shape index (κ3) is 3.13. The van der Waals surface area contributed by atoms with Crippen molar-refractivity contribution in [2.75, 3.05) is 0 Å².